The summed E-state index contributed by atoms with van der Waals surface area (Å²) in [6.07, 6.45) is 0. The first kappa shape index (κ1) is 14.9. The van der Waals surface area contributed by atoms with Gasteiger partial charge in [0.2, 0.25) is 0 Å². The van der Waals surface area contributed by atoms with Crippen molar-refractivity contribution in [3.8, 4) is 0 Å². The predicted octanol–water partition coefficient (Wildman–Crippen LogP) is 0.647. The van der Waals surface area contributed by atoms with Crippen LogP contribution in [-0.4, -0.2) is 30.6 Å². The quantitative estimate of drug-likeness (QED) is 0.289. The lowest BCUT2D eigenvalue weighted by Gasteiger charge is -2.08. The molecular weight excluding hydrogens is 252 g/mol. The maximum atomic E-state index is 11.9. The van der Waals surface area contributed by atoms with Gasteiger partial charge in [0.15, 0.2) is 0 Å². The molecule has 0 fully saturated rings. The van der Waals surface area contributed by atoms with Crippen molar-refractivity contribution in [1.82, 2.24) is 5.32 Å². The minimum atomic E-state index is -0.646. The molecule has 0 saturated carbocycles. The molecule has 0 spiro atoms. The number of rotatable bonds is 7. The number of amides is 1. The van der Waals surface area contributed by atoms with Crippen LogP contribution in [0.1, 0.15) is 17.3 Å². The topological polar surface area (TPSA) is 120 Å². The maximum Gasteiger partial charge on any atom is 0.306 e. The van der Waals surface area contributed by atoms with Gasteiger partial charge in [0, 0.05) is 13.2 Å². The van der Waals surface area contributed by atoms with Gasteiger partial charge in [-0.15, -0.1) is 0 Å². The normalized spacial score (nSPS) is 10.0. The summed E-state index contributed by atoms with van der Waals surface area (Å²) in [5, 5.41) is 13.5. The Morgan fingerprint density at radius 3 is 2.84 bits per heavy atom. The van der Waals surface area contributed by atoms with Crippen molar-refractivity contribution in [2.45, 2.75) is 6.92 Å². The second-order valence-electron chi connectivity index (χ2n) is 3.56. The van der Waals surface area contributed by atoms with Gasteiger partial charge in [-0.3, -0.25) is 20.8 Å². The number of ether oxygens (including phenoxy) is 1. The molecule has 4 N–H and O–H groups in total. The molecule has 0 aliphatic heterocycles. The Bertz CT molecular complexity index is 464. The van der Waals surface area contributed by atoms with Gasteiger partial charge in [-0.2, -0.15) is 0 Å². The van der Waals surface area contributed by atoms with Gasteiger partial charge in [0.05, 0.1) is 11.5 Å². The SMILES string of the molecule is CCOCCNC(=O)c1cccc(NN)c1[N+](=O)[O-]. The van der Waals surface area contributed by atoms with E-state index in [0.717, 1.165) is 0 Å². The lowest BCUT2D eigenvalue weighted by atomic mass is 10.1. The average Bonchev–Trinajstić information content (AvgIpc) is 2.42. The zero-order valence-corrected chi connectivity index (χ0v) is 10.5. The number of nitro groups is 1. The molecule has 19 heavy (non-hydrogen) atoms. The first-order valence-electron chi connectivity index (χ1n) is 5.71. The molecular formula is C11H16N4O4. The van der Waals surface area contributed by atoms with Crippen LogP contribution < -0.4 is 16.6 Å². The minimum Gasteiger partial charge on any atom is -0.380 e. The fraction of sp³-hybridized carbons (Fsp3) is 0.364. The van der Waals surface area contributed by atoms with Crippen LogP contribution in [0.3, 0.4) is 0 Å². The molecule has 0 atom stereocenters. The number of carbonyl (C=O) groups is 1. The zero-order valence-electron chi connectivity index (χ0n) is 10.5. The molecule has 0 saturated heterocycles. The molecule has 1 rings (SSSR count). The van der Waals surface area contributed by atoms with E-state index in [2.05, 4.69) is 10.7 Å². The molecule has 0 aliphatic rings. The van der Waals surface area contributed by atoms with E-state index in [1.165, 1.54) is 18.2 Å². The van der Waals surface area contributed by atoms with Gasteiger partial charge < -0.3 is 15.5 Å². The molecule has 0 aromatic heterocycles. The van der Waals surface area contributed by atoms with E-state index in [4.69, 9.17) is 10.6 Å². The highest BCUT2D eigenvalue weighted by atomic mass is 16.6. The van der Waals surface area contributed by atoms with E-state index >= 15 is 0 Å². The van der Waals surface area contributed by atoms with Crippen molar-refractivity contribution in [1.29, 1.82) is 0 Å². The second-order valence-corrected chi connectivity index (χ2v) is 3.56. The number of nitrogens with zero attached hydrogens (tertiary/aromatic N) is 1. The smallest absolute Gasteiger partial charge is 0.306 e. The number of hydrazine groups is 1. The van der Waals surface area contributed by atoms with E-state index in [0.29, 0.717) is 13.2 Å². The predicted molar refractivity (Wildman–Crippen MR) is 69.7 cm³/mol. The molecule has 0 heterocycles. The van der Waals surface area contributed by atoms with Crippen LogP contribution in [0.5, 0.6) is 0 Å². The third-order valence-electron chi connectivity index (χ3n) is 2.35. The van der Waals surface area contributed by atoms with Crippen LogP contribution in [0, 0.1) is 10.1 Å². The van der Waals surface area contributed by atoms with Crippen LogP contribution in [0.15, 0.2) is 18.2 Å². The van der Waals surface area contributed by atoms with Gasteiger partial charge in [0.25, 0.3) is 5.91 Å². The maximum absolute atomic E-state index is 11.9. The molecule has 1 amide bonds. The molecule has 8 nitrogen and oxygen atoms in total. The lowest BCUT2D eigenvalue weighted by molar-refractivity contribution is -0.384. The fourth-order valence-corrected chi connectivity index (χ4v) is 1.52. The average molecular weight is 268 g/mol. The largest absolute Gasteiger partial charge is 0.380 e. The number of nitrogens with one attached hydrogen (secondary N) is 2. The van der Waals surface area contributed by atoms with Crippen molar-refractivity contribution >= 4 is 17.3 Å². The van der Waals surface area contributed by atoms with E-state index in [1.54, 1.807) is 0 Å². The van der Waals surface area contributed by atoms with Gasteiger partial charge in [-0.25, -0.2) is 0 Å². The number of anilines is 1. The van der Waals surface area contributed by atoms with Crippen molar-refractivity contribution in [3.05, 3.63) is 33.9 Å². The first-order chi connectivity index (χ1) is 9.11. The minimum absolute atomic E-state index is 0.0445. The van der Waals surface area contributed by atoms with Crippen LogP contribution in [0.25, 0.3) is 0 Å². The highest BCUT2D eigenvalue weighted by molar-refractivity contribution is 6.00. The number of nitrogen functional groups attached to an aromatic ring is 1. The molecule has 0 aliphatic carbocycles. The Labute approximate surface area is 110 Å². The Balaban J connectivity index is 2.87. The molecule has 0 bridgehead atoms. The van der Waals surface area contributed by atoms with E-state index in [1.807, 2.05) is 6.92 Å². The van der Waals surface area contributed by atoms with E-state index in [-0.39, 0.29) is 23.5 Å². The Morgan fingerprint density at radius 1 is 1.53 bits per heavy atom. The first-order valence-corrected chi connectivity index (χ1v) is 5.71. The number of carbonyl (C=O) groups excluding carboxylic acids is 1. The second kappa shape index (κ2) is 7.29. The molecule has 8 heteroatoms. The van der Waals surface area contributed by atoms with Crippen molar-refractivity contribution < 1.29 is 14.5 Å². The third kappa shape index (κ3) is 3.90. The van der Waals surface area contributed by atoms with E-state index < -0.39 is 10.8 Å². The monoisotopic (exact) mass is 268 g/mol. The summed E-state index contributed by atoms with van der Waals surface area (Å²) in [6, 6.07) is 4.31. The highest BCUT2D eigenvalue weighted by Crippen LogP contribution is 2.27. The summed E-state index contributed by atoms with van der Waals surface area (Å²) in [5.74, 6) is 4.65. The molecule has 0 unspecified atom stereocenters. The number of hydrogen-bond acceptors (Lipinski definition) is 6. The van der Waals surface area contributed by atoms with Gasteiger partial charge in [-0.05, 0) is 19.1 Å². The number of benzene rings is 1. The summed E-state index contributed by atoms with van der Waals surface area (Å²) in [5.41, 5.74) is 1.90. The molecule has 1 aromatic rings. The Morgan fingerprint density at radius 2 is 2.26 bits per heavy atom. The summed E-state index contributed by atoms with van der Waals surface area (Å²) in [7, 11) is 0. The number of nitrogens with two attached hydrogens (primary N) is 1. The lowest BCUT2D eigenvalue weighted by Crippen LogP contribution is -2.28. The van der Waals surface area contributed by atoms with Gasteiger partial charge in [-0.1, -0.05) is 6.07 Å². The van der Waals surface area contributed by atoms with Crippen molar-refractivity contribution in [3.63, 3.8) is 0 Å². The summed E-state index contributed by atoms with van der Waals surface area (Å²) >= 11 is 0. The van der Waals surface area contributed by atoms with Crippen LogP contribution in [0.4, 0.5) is 11.4 Å². The zero-order chi connectivity index (χ0) is 14.3. The summed E-state index contributed by atoms with van der Waals surface area (Å²) in [6.45, 7) is 3.01. The summed E-state index contributed by atoms with van der Waals surface area (Å²) in [4.78, 5) is 22.2. The van der Waals surface area contributed by atoms with Crippen LogP contribution in [0.2, 0.25) is 0 Å². The Kier molecular flexibility index (Phi) is 5.71. The molecule has 104 valence electrons. The number of hydrogen-bond donors (Lipinski definition) is 3. The van der Waals surface area contributed by atoms with Gasteiger partial charge in [0.1, 0.15) is 11.3 Å². The Hall–Kier alpha value is -2.19. The number of para-hydroxylation sites is 1. The fourth-order valence-electron chi connectivity index (χ4n) is 1.52. The summed E-state index contributed by atoms with van der Waals surface area (Å²) < 4.78 is 5.06. The molecule has 1 aromatic carbocycles. The number of nitro benzene ring substituents is 1. The van der Waals surface area contributed by atoms with Crippen molar-refractivity contribution in [2.75, 3.05) is 25.2 Å². The van der Waals surface area contributed by atoms with Crippen molar-refractivity contribution in [2.24, 2.45) is 5.84 Å². The van der Waals surface area contributed by atoms with E-state index in [9.17, 15) is 14.9 Å². The van der Waals surface area contributed by atoms with Crippen LogP contribution in [-0.2, 0) is 4.74 Å². The van der Waals surface area contributed by atoms with Crippen LogP contribution >= 0.6 is 0 Å². The highest BCUT2D eigenvalue weighted by Gasteiger charge is 2.23. The standard InChI is InChI=1S/C11H16N4O4/c1-2-19-7-6-13-11(16)8-4-3-5-9(14-12)10(8)15(17)18/h3-5,14H,2,6-7,12H2,1H3,(H,13,16). The van der Waals surface area contributed by atoms with Gasteiger partial charge >= 0.3 is 5.69 Å². The third-order valence-corrected chi connectivity index (χ3v) is 2.35. The molecule has 0 radical (unpaired) electrons.